The average molecular weight is 414 g/mol. The predicted molar refractivity (Wildman–Crippen MR) is 106 cm³/mol. The Balaban J connectivity index is 1.59. The lowest BCUT2D eigenvalue weighted by Crippen LogP contribution is -2.11. The largest absolute Gasteiger partial charge is 0.508 e. The van der Waals surface area contributed by atoms with E-state index in [4.69, 9.17) is 0 Å². The van der Waals surface area contributed by atoms with Gasteiger partial charge in [-0.1, -0.05) is 34.1 Å². The minimum atomic E-state index is -0.197. The lowest BCUT2D eigenvalue weighted by Gasteiger charge is -2.07. The molecule has 0 saturated heterocycles. The Kier molecular flexibility index (Phi) is 5.79. The van der Waals surface area contributed by atoms with E-state index >= 15 is 0 Å². The number of hydrogen-bond donors (Lipinski definition) is 2. The molecule has 3 aromatic rings. The van der Waals surface area contributed by atoms with Crippen LogP contribution in [0, 0.1) is 0 Å². The fourth-order valence-electron chi connectivity index (χ4n) is 2.24. The fraction of sp³-hybridized carbons (Fsp3) is 0.0500. The number of anilines is 1. The van der Waals surface area contributed by atoms with Crippen LogP contribution < -0.4 is 5.32 Å². The zero-order valence-corrected chi connectivity index (χ0v) is 15.7. The highest BCUT2D eigenvalue weighted by molar-refractivity contribution is 9.10. The second kappa shape index (κ2) is 8.23. The predicted octanol–water partition coefficient (Wildman–Crippen LogP) is 5.70. The number of aromatic hydroxyl groups is 1. The van der Waals surface area contributed by atoms with Gasteiger partial charge in [0.1, 0.15) is 5.75 Å². The Morgan fingerprint density at radius 1 is 1.00 bits per heavy atom. The van der Waals surface area contributed by atoms with Gasteiger partial charge in [-0.3, -0.25) is 4.79 Å². The van der Waals surface area contributed by atoms with Gasteiger partial charge in [-0.15, -0.1) is 11.8 Å². The van der Waals surface area contributed by atoms with Crippen LogP contribution in [-0.4, -0.2) is 11.0 Å². The number of hydrogen-bond acceptors (Lipinski definition) is 3. The number of phenolic OH excluding ortho intramolecular Hbond substituents is 1. The molecule has 3 nitrogen and oxygen atoms in total. The first-order valence-corrected chi connectivity index (χ1v) is 9.46. The van der Waals surface area contributed by atoms with E-state index in [1.165, 1.54) is 11.0 Å². The maximum absolute atomic E-state index is 12.2. The van der Waals surface area contributed by atoms with E-state index in [2.05, 4.69) is 33.4 Å². The molecule has 3 rings (SSSR count). The van der Waals surface area contributed by atoms with Crippen molar-refractivity contribution in [2.75, 3.05) is 5.32 Å². The SMILES string of the molecule is O=C(Nc1cccc(O)c1)c1ccc(CSc2ccc(Br)cc2)cc1. The lowest BCUT2D eigenvalue weighted by molar-refractivity contribution is 0.102. The standard InChI is InChI=1S/C20H16BrNO2S/c21-16-8-10-19(11-9-16)25-13-14-4-6-15(7-5-14)20(24)22-17-2-1-3-18(23)12-17/h1-12,23H,13H2,(H,22,24). The summed E-state index contributed by atoms with van der Waals surface area (Å²) in [4.78, 5) is 13.4. The van der Waals surface area contributed by atoms with Crippen molar-refractivity contribution in [2.24, 2.45) is 0 Å². The number of rotatable bonds is 5. The highest BCUT2D eigenvalue weighted by atomic mass is 79.9. The lowest BCUT2D eigenvalue weighted by atomic mass is 10.1. The van der Waals surface area contributed by atoms with Crippen molar-refractivity contribution < 1.29 is 9.90 Å². The topological polar surface area (TPSA) is 49.3 Å². The summed E-state index contributed by atoms with van der Waals surface area (Å²) in [5.74, 6) is 0.770. The van der Waals surface area contributed by atoms with Gasteiger partial charge in [0, 0.05) is 32.4 Å². The van der Waals surface area contributed by atoms with Crippen LogP contribution in [0.5, 0.6) is 5.75 Å². The molecule has 0 aromatic heterocycles. The van der Waals surface area contributed by atoms with E-state index in [-0.39, 0.29) is 11.7 Å². The maximum atomic E-state index is 12.2. The zero-order valence-electron chi connectivity index (χ0n) is 13.3. The van der Waals surface area contributed by atoms with Crippen molar-refractivity contribution in [3.63, 3.8) is 0 Å². The van der Waals surface area contributed by atoms with Crippen molar-refractivity contribution in [2.45, 2.75) is 10.6 Å². The van der Waals surface area contributed by atoms with Crippen LogP contribution in [-0.2, 0) is 5.75 Å². The quantitative estimate of drug-likeness (QED) is 0.527. The van der Waals surface area contributed by atoms with Crippen LogP contribution in [0.4, 0.5) is 5.69 Å². The number of benzene rings is 3. The maximum Gasteiger partial charge on any atom is 0.255 e. The molecule has 0 bridgehead atoms. The molecule has 0 spiro atoms. The molecule has 0 heterocycles. The summed E-state index contributed by atoms with van der Waals surface area (Å²) in [5, 5.41) is 12.2. The summed E-state index contributed by atoms with van der Waals surface area (Å²) in [6.07, 6.45) is 0. The molecule has 0 radical (unpaired) electrons. The van der Waals surface area contributed by atoms with E-state index < -0.39 is 0 Å². The van der Waals surface area contributed by atoms with Crippen molar-refractivity contribution in [1.29, 1.82) is 0 Å². The Hall–Kier alpha value is -2.24. The Labute approximate surface area is 159 Å². The summed E-state index contributed by atoms with van der Waals surface area (Å²) < 4.78 is 1.07. The number of carbonyl (C=O) groups is 1. The number of amides is 1. The van der Waals surface area contributed by atoms with Crippen LogP contribution in [0.3, 0.4) is 0 Å². The summed E-state index contributed by atoms with van der Waals surface area (Å²) in [5.41, 5.74) is 2.31. The van der Waals surface area contributed by atoms with Crippen LogP contribution in [0.1, 0.15) is 15.9 Å². The molecule has 2 N–H and O–H groups in total. The van der Waals surface area contributed by atoms with E-state index in [9.17, 15) is 9.90 Å². The van der Waals surface area contributed by atoms with Gasteiger partial charge in [0.2, 0.25) is 0 Å². The van der Waals surface area contributed by atoms with Gasteiger partial charge >= 0.3 is 0 Å². The van der Waals surface area contributed by atoms with Gasteiger partial charge < -0.3 is 10.4 Å². The average Bonchev–Trinajstić information content (AvgIpc) is 2.62. The van der Waals surface area contributed by atoms with Crippen LogP contribution in [0.2, 0.25) is 0 Å². The van der Waals surface area contributed by atoms with Crippen molar-refractivity contribution in [1.82, 2.24) is 0 Å². The molecule has 0 aliphatic heterocycles. The number of halogens is 1. The Morgan fingerprint density at radius 2 is 1.72 bits per heavy atom. The molecular weight excluding hydrogens is 398 g/mol. The third kappa shape index (κ3) is 5.11. The third-order valence-electron chi connectivity index (χ3n) is 3.54. The van der Waals surface area contributed by atoms with Gasteiger partial charge in [0.15, 0.2) is 0 Å². The molecule has 25 heavy (non-hydrogen) atoms. The van der Waals surface area contributed by atoms with E-state index in [1.54, 1.807) is 30.0 Å². The molecule has 0 unspecified atom stereocenters. The first-order chi connectivity index (χ1) is 12.1. The number of phenols is 1. The number of carbonyl (C=O) groups excluding carboxylic acids is 1. The van der Waals surface area contributed by atoms with Crippen LogP contribution in [0.15, 0.2) is 82.2 Å². The van der Waals surface area contributed by atoms with Crippen LogP contribution in [0.25, 0.3) is 0 Å². The third-order valence-corrected chi connectivity index (χ3v) is 5.15. The molecule has 126 valence electrons. The Morgan fingerprint density at radius 3 is 2.40 bits per heavy atom. The number of nitrogens with one attached hydrogen (secondary N) is 1. The summed E-state index contributed by atoms with van der Waals surface area (Å²) in [6, 6.07) is 22.3. The minimum Gasteiger partial charge on any atom is -0.508 e. The molecule has 0 fully saturated rings. The van der Waals surface area contributed by atoms with E-state index in [0.717, 1.165) is 15.8 Å². The van der Waals surface area contributed by atoms with Gasteiger partial charge in [0.25, 0.3) is 5.91 Å². The van der Waals surface area contributed by atoms with E-state index in [0.29, 0.717) is 11.3 Å². The number of thioether (sulfide) groups is 1. The molecule has 0 aliphatic rings. The second-order valence-corrected chi connectivity index (χ2v) is 7.41. The molecular formula is C20H16BrNO2S. The van der Waals surface area contributed by atoms with Gasteiger partial charge in [-0.2, -0.15) is 0 Å². The highest BCUT2D eigenvalue weighted by Crippen LogP contribution is 2.24. The Bertz CT molecular complexity index is 864. The van der Waals surface area contributed by atoms with Crippen molar-refractivity contribution >= 4 is 39.3 Å². The normalized spacial score (nSPS) is 10.4. The monoisotopic (exact) mass is 413 g/mol. The molecule has 1 amide bonds. The van der Waals surface area contributed by atoms with Gasteiger partial charge in [-0.05, 0) is 54.1 Å². The summed E-state index contributed by atoms with van der Waals surface area (Å²) in [6.45, 7) is 0. The molecule has 0 saturated carbocycles. The summed E-state index contributed by atoms with van der Waals surface area (Å²) >= 11 is 5.18. The van der Waals surface area contributed by atoms with Gasteiger partial charge in [-0.25, -0.2) is 0 Å². The highest BCUT2D eigenvalue weighted by Gasteiger charge is 2.06. The van der Waals surface area contributed by atoms with Crippen LogP contribution >= 0.6 is 27.7 Å². The van der Waals surface area contributed by atoms with Crippen molar-refractivity contribution in [3.8, 4) is 5.75 Å². The van der Waals surface area contributed by atoms with E-state index in [1.807, 2.05) is 36.4 Å². The molecule has 0 atom stereocenters. The zero-order chi connectivity index (χ0) is 17.6. The smallest absolute Gasteiger partial charge is 0.255 e. The molecule has 0 aliphatic carbocycles. The minimum absolute atomic E-state index is 0.123. The first kappa shape index (κ1) is 17.6. The van der Waals surface area contributed by atoms with Gasteiger partial charge in [0.05, 0.1) is 0 Å². The molecule has 5 heteroatoms. The second-order valence-electron chi connectivity index (χ2n) is 5.44. The fourth-order valence-corrected chi connectivity index (χ4v) is 3.36. The van der Waals surface area contributed by atoms with Crippen molar-refractivity contribution in [3.05, 3.63) is 88.4 Å². The summed E-state index contributed by atoms with van der Waals surface area (Å²) in [7, 11) is 0. The molecule has 3 aromatic carbocycles. The first-order valence-electron chi connectivity index (χ1n) is 7.68.